The van der Waals surface area contributed by atoms with Gasteiger partial charge < -0.3 is 0 Å². The predicted octanol–water partition coefficient (Wildman–Crippen LogP) is 2.62. The Morgan fingerprint density at radius 3 is 2.50 bits per heavy atom. The van der Waals surface area contributed by atoms with Crippen molar-refractivity contribution < 1.29 is 0 Å². The maximum Gasteiger partial charge on any atom is 0.0877 e. The van der Waals surface area contributed by atoms with Crippen LogP contribution in [0.25, 0.3) is 0 Å². The van der Waals surface area contributed by atoms with Gasteiger partial charge in [-0.05, 0) is 12.8 Å². The Morgan fingerprint density at radius 2 is 2.00 bits per heavy atom. The summed E-state index contributed by atoms with van der Waals surface area (Å²) >= 11 is 0. The van der Waals surface area contributed by atoms with Crippen LogP contribution in [0.4, 0.5) is 0 Å². The molecule has 3 heteroatoms. The van der Waals surface area contributed by atoms with Crippen molar-refractivity contribution in [2.24, 2.45) is 10.6 Å². The van der Waals surface area contributed by atoms with E-state index in [0.29, 0.717) is 13.0 Å². The zero-order valence-electron chi connectivity index (χ0n) is 7.25. The first kappa shape index (κ1) is 9.18. The Morgan fingerprint density at radius 1 is 1.33 bits per heavy atom. The van der Waals surface area contributed by atoms with Gasteiger partial charge in [0.15, 0.2) is 0 Å². The van der Waals surface area contributed by atoms with E-state index >= 15 is 0 Å². The van der Waals surface area contributed by atoms with Crippen LogP contribution in [0.5, 0.6) is 0 Å². The molecule has 66 valence electrons. The molecule has 0 heterocycles. The summed E-state index contributed by atoms with van der Waals surface area (Å²) in [7, 11) is 0. The van der Waals surface area contributed by atoms with Crippen LogP contribution in [0.3, 0.4) is 0 Å². The summed E-state index contributed by atoms with van der Waals surface area (Å²) in [5, 5.41) is 11.6. The zero-order chi connectivity index (χ0) is 8.86. The molecule has 0 aromatic heterocycles. The van der Waals surface area contributed by atoms with Gasteiger partial charge in [-0.2, -0.15) is 10.2 Å². The van der Waals surface area contributed by atoms with Crippen LogP contribution < -0.4 is 0 Å². The highest BCUT2D eigenvalue weighted by Crippen LogP contribution is 2.39. The van der Waals surface area contributed by atoms with Gasteiger partial charge in [-0.1, -0.05) is 24.4 Å². The van der Waals surface area contributed by atoms with Crippen molar-refractivity contribution in [3.05, 3.63) is 4.91 Å². The lowest BCUT2D eigenvalue weighted by Gasteiger charge is -2.32. The minimum atomic E-state index is -0.0608. The molecule has 0 atom stereocenters. The molecule has 0 spiro atoms. The fourth-order valence-electron chi connectivity index (χ4n) is 2.00. The molecule has 12 heavy (non-hydrogen) atoms. The first-order valence-corrected chi connectivity index (χ1v) is 4.49. The third-order valence-corrected chi connectivity index (χ3v) is 2.77. The molecule has 0 bridgehead atoms. The number of rotatable bonds is 3. The van der Waals surface area contributed by atoms with Gasteiger partial charge in [-0.25, -0.2) is 0 Å². The number of nitriles is 1. The van der Waals surface area contributed by atoms with Gasteiger partial charge in [-0.15, -0.1) is 0 Å². The van der Waals surface area contributed by atoms with Crippen LogP contribution in [0.2, 0.25) is 0 Å². The van der Waals surface area contributed by atoms with Crippen LogP contribution in [0, 0.1) is 21.7 Å². The molecule has 0 N–H and O–H groups in total. The Kier molecular flexibility index (Phi) is 3.21. The average molecular weight is 166 g/mol. The lowest BCUT2D eigenvalue weighted by atomic mass is 9.72. The third kappa shape index (κ3) is 2.04. The van der Waals surface area contributed by atoms with E-state index in [9.17, 15) is 4.91 Å². The van der Waals surface area contributed by atoms with E-state index in [2.05, 4.69) is 11.2 Å². The molecule has 1 saturated carbocycles. The average Bonchev–Trinajstić information content (AvgIpc) is 2.07. The van der Waals surface area contributed by atoms with E-state index in [1.165, 1.54) is 6.42 Å². The quantitative estimate of drug-likeness (QED) is 0.605. The van der Waals surface area contributed by atoms with Gasteiger partial charge in [0.05, 0.1) is 12.6 Å². The maximum absolute atomic E-state index is 10.2. The topological polar surface area (TPSA) is 53.2 Å². The molecule has 0 radical (unpaired) electrons. The highest BCUT2D eigenvalue weighted by molar-refractivity contribution is 4.92. The minimum absolute atomic E-state index is 0.0608. The van der Waals surface area contributed by atoms with Gasteiger partial charge in [-0.3, -0.25) is 0 Å². The van der Waals surface area contributed by atoms with Crippen LogP contribution in [0.1, 0.15) is 38.5 Å². The fraction of sp³-hybridized carbons (Fsp3) is 0.889. The third-order valence-electron chi connectivity index (χ3n) is 2.77. The van der Waals surface area contributed by atoms with Crippen molar-refractivity contribution in [1.82, 2.24) is 0 Å². The summed E-state index contributed by atoms with van der Waals surface area (Å²) in [5.74, 6) is 0. The van der Waals surface area contributed by atoms with Gasteiger partial charge in [0, 0.05) is 11.8 Å². The standard InChI is InChI=1S/C9H14N2O/c10-7-6-9(8-11-12)4-2-1-3-5-9/h1-6,8H2. The molecule has 0 saturated heterocycles. The SMILES string of the molecule is N#CCC1(CN=O)CCCCC1. The molecule has 0 aromatic carbocycles. The van der Waals surface area contributed by atoms with Crippen molar-refractivity contribution in [1.29, 1.82) is 5.26 Å². The monoisotopic (exact) mass is 166 g/mol. The zero-order valence-corrected chi connectivity index (χ0v) is 7.25. The molecule has 0 unspecified atom stereocenters. The number of hydrogen-bond donors (Lipinski definition) is 0. The Hall–Kier alpha value is -0.910. The molecule has 3 nitrogen and oxygen atoms in total. The van der Waals surface area contributed by atoms with Gasteiger partial charge in [0.1, 0.15) is 0 Å². The van der Waals surface area contributed by atoms with E-state index in [1.54, 1.807) is 0 Å². The van der Waals surface area contributed by atoms with E-state index < -0.39 is 0 Å². The highest BCUT2D eigenvalue weighted by Gasteiger charge is 2.32. The number of nitroso groups, excluding NO2 is 1. The summed E-state index contributed by atoms with van der Waals surface area (Å²) in [4.78, 5) is 10.2. The smallest absolute Gasteiger partial charge is 0.0877 e. The van der Waals surface area contributed by atoms with Crippen LogP contribution in [-0.4, -0.2) is 6.54 Å². The normalized spacial score (nSPS) is 21.2. The summed E-state index contributed by atoms with van der Waals surface area (Å²) in [5.41, 5.74) is -0.0608. The molecule has 0 amide bonds. The largest absolute Gasteiger partial charge is 0.198 e. The Bertz CT molecular complexity index is 189. The van der Waals surface area contributed by atoms with Gasteiger partial charge in [0.2, 0.25) is 0 Å². The van der Waals surface area contributed by atoms with E-state index in [0.717, 1.165) is 25.7 Å². The minimum Gasteiger partial charge on any atom is -0.198 e. The fourth-order valence-corrected chi connectivity index (χ4v) is 2.00. The summed E-state index contributed by atoms with van der Waals surface area (Å²) in [6.45, 7) is 0.334. The molecular formula is C9H14N2O. The summed E-state index contributed by atoms with van der Waals surface area (Å²) in [6, 6.07) is 2.16. The van der Waals surface area contributed by atoms with Crippen molar-refractivity contribution in [3.8, 4) is 6.07 Å². The molecule has 1 fully saturated rings. The van der Waals surface area contributed by atoms with E-state index in [4.69, 9.17) is 5.26 Å². The van der Waals surface area contributed by atoms with Crippen LogP contribution >= 0.6 is 0 Å². The summed E-state index contributed by atoms with van der Waals surface area (Å²) < 4.78 is 0. The second kappa shape index (κ2) is 4.20. The number of nitrogens with zero attached hydrogens (tertiary/aromatic N) is 2. The molecule has 0 aliphatic heterocycles. The van der Waals surface area contributed by atoms with Crippen molar-refractivity contribution in [2.45, 2.75) is 38.5 Å². The second-order valence-electron chi connectivity index (χ2n) is 3.68. The van der Waals surface area contributed by atoms with E-state index in [1.807, 2.05) is 0 Å². The molecule has 1 aliphatic carbocycles. The predicted molar refractivity (Wildman–Crippen MR) is 46.4 cm³/mol. The first-order valence-electron chi connectivity index (χ1n) is 4.49. The van der Waals surface area contributed by atoms with Crippen molar-refractivity contribution in [3.63, 3.8) is 0 Å². The van der Waals surface area contributed by atoms with Gasteiger partial charge in [0.25, 0.3) is 0 Å². The first-order chi connectivity index (χ1) is 5.83. The van der Waals surface area contributed by atoms with Crippen molar-refractivity contribution >= 4 is 0 Å². The Labute approximate surface area is 72.7 Å². The second-order valence-corrected chi connectivity index (χ2v) is 3.68. The van der Waals surface area contributed by atoms with Crippen LogP contribution in [-0.2, 0) is 0 Å². The molecular weight excluding hydrogens is 152 g/mol. The highest BCUT2D eigenvalue weighted by atomic mass is 16.3. The molecule has 0 aromatic rings. The lowest BCUT2D eigenvalue weighted by molar-refractivity contribution is 0.204. The van der Waals surface area contributed by atoms with E-state index in [-0.39, 0.29) is 5.41 Å². The summed E-state index contributed by atoms with van der Waals surface area (Å²) in [6.07, 6.45) is 6.05. The lowest BCUT2D eigenvalue weighted by Crippen LogP contribution is -2.26. The van der Waals surface area contributed by atoms with Crippen molar-refractivity contribution in [2.75, 3.05) is 6.54 Å². The van der Waals surface area contributed by atoms with Gasteiger partial charge >= 0.3 is 0 Å². The number of hydrogen-bond acceptors (Lipinski definition) is 3. The molecule has 1 rings (SSSR count). The molecule has 1 aliphatic rings. The Balaban J connectivity index is 2.57. The van der Waals surface area contributed by atoms with Crippen LogP contribution in [0.15, 0.2) is 5.18 Å². The maximum atomic E-state index is 10.2.